The highest BCUT2D eigenvalue weighted by Gasteiger charge is 2.39. The monoisotopic (exact) mass is 235 g/mol. The molecule has 0 amide bonds. The fourth-order valence-corrected chi connectivity index (χ4v) is 2.98. The van der Waals surface area contributed by atoms with Gasteiger partial charge in [-0.15, -0.1) is 0 Å². The van der Waals surface area contributed by atoms with Crippen molar-refractivity contribution < 1.29 is 4.74 Å². The number of ether oxygens (including phenoxy) is 1. The minimum atomic E-state index is 0.216. The molecule has 0 bridgehead atoms. The standard InChI is InChI=1S/C13H21N3O/c1-13(6-4-5-7-13)11(14-2)10-12(17-3)16-9-8-15-10/h8-9,11,14H,4-7H2,1-3H3. The zero-order chi connectivity index (χ0) is 12.3. The quantitative estimate of drug-likeness (QED) is 0.870. The molecule has 1 heterocycles. The van der Waals surface area contributed by atoms with Crippen molar-refractivity contribution in [1.82, 2.24) is 15.3 Å². The fourth-order valence-electron chi connectivity index (χ4n) is 2.98. The molecule has 1 N–H and O–H groups in total. The Morgan fingerprint density at radius 3 is 2.53 bits per heavy atom. The lowest BCUT2D eigenvalue weighted by atomic mass is 9.79. The summed E-state index contributed by atoms with van der Waals surface area (Å²) in [4.78, 5) is 8.70. The van der Waals surface area contributed by atoms with Gasteiger partial charge in [0.1, 0.15) is 5.69 Å². The van der Waals surface area contributed by atoms with Crippen LogP contribution in [0.3, 0.4) is 0 Å². The second-order valence-electron chi connectivity index (χ2n) is 5.03. The first kappa shape index (κ1) is 12.3. The number of methoxy groups -OCH3 is 1. The average molecular weight is 235 g/mol. The van der Waals surface area contributed by atoms with Crippen LogP contribution < -0.4 is 10.1 Å². The van der Waals surface area contributed by atoms with E-state index in [-0.39, 0.29) is 11.5 Å². The molecule has 1 unspecified atom stereocenters. The molecule has 0 aliphatic heterocycles. The van der Waals surface area contributed by atoms with Crippen molar-refractivity contribution in [2.75, 3.05) is 14.2 Å². The van der Waals surface area contributed by atoms with E-state index >= 15 is 0 Å². The maximum atomic E-state index is 5.32. The lowest BCUT2D eigenvalue weighted by Crippen LogP contribution is -2.33. The summed E-state index contributed by atoms with van der Waals surface area (Å²) < 4.78 is 5.32. The average Bonchev–Trinajstić information content (AvgIpc) is 2.78. The second-order valence-corrected chi connectivity index (χ2v) is 5.03. The predicted molar refractivity (Wildman–Crippen MR) is 67.0 cm³/mol. The molecule has 4 heteroatoms. The molecule has 1 atom stereocenters. The van der Waals surface area contributed by atoms with Gasteiger partial charge >= 0.3 is 0 Å². The lowest BCUT2D eigenvalue weighted by molar-refractivity contribution is 0.222. The third-order valence-electron chi connectivity index (χ3n) is 3.89. The maximum Gasteiger partial charge on any atom is 0.237 e. The first-order chi connectivity index (χ1) is 8.21. The Balaban J connectivity index is 2.34. The van der Waals surface area contributed by atoms with Crippen LogP contribution in [0, 0.1) is 5.41 Å². The third kappa shape index (κ3) is 2.27. The summed E-state index contributed by atoms with van der Waals surface area (Å²) in [6, 6.07) is 0.216. The first-order valence-electron chi connectivity index (χ1n) is 6.23. The highest BCUT2D eigenvalue weighted by atomic mass is 16.5. The molecule has 0 radical (unpaired) electrons. The Hall–Kier alpha value is -1.16. The zero-order valence-corrected chi connectivity index (χ0v) is 10.9. The predicted octanol–water partition coefficient (Wildman–Crippen LogP) is 2.33. The Bertz CT molecular complexity index is 375. The van der Waals surface area contributed by atoms with Crippen molar-refractivity contribution in [2.24, 2.45) is 5.41 Å². The van der Waals surface area contributed by atoms with Gasteiger partial charge in [-0.3, -0.25) is 4.98 Å². The van der Waals surface area contributed by atoms with Gasteiger partial charge in [0.25, 0.3) is 0 Å². The molecule has 1 aromatic heterocycles. The smallest absolute Gasteiger partial charge is 0.237 e. The van der Waals surface area contributed by atoms with Gasteiger partial charge in [-0.05, 0) is 25.3 Å². The van der Waals surface area contributed by atoms with E-state index in [1.54, 1.807) is 19.5 Å². The molecular weight excluding hydrogens is 214 g/mol. The van der Waals surface area contributed by atoms with Crippen molar-refractivity contribution in [3.05, 3.63) is 18.1 Å². The van der Waals surface area contributed by atoms with E-state index in [1.165, 1.54) is 25.7 Å². The number of rotatable bonds is 4. The van der Waals surface area contributed by atoms with E-state index in [0.29, 0.717) is 5.88 Å². The Kier molecular flexibility index (Phi) is 3.62. The molecule has 4 nitrogen and oxygen atoms in total. The van der Waals surface area contributed by atoms with Gasteiger partial charge in [-0.25, -0.2) is 4.98 Å². The van der Waals surface area contributed by atoms with Gasteiger partial charge < -0.3 is 10.1 Å². The van der Waals surface area contributed by atoms with Crippen LogP contribution in [0.5, 0.6) is 5.88 Å². The van der Waals surface area contributed by atoms with Crippen molar-refractivity contribution in [1.29, 1.82) is 0 Å². The van der Waals surface area contributed by atoms with E-state index in [2.05, 4.69) is 22.2 Å². The van der Waals surface area contributed by atoms with Crippen LogP contribution in [0.25, 0.3) is 0 Å². The summed E-state index contributed by atoms with van der Waals surface area (Å²) in [6.45, 7) is 2.33. The zero-order valence-electron chi connectivity index (χ0n) is 10.9. The third-order valence-corrected chi connectivity index (χ3v) is 3.89. The van der Waals surface area contributed by atoms with Gasteiger partial charge in [0.15, 0.2) is 0 Å². The number of aromatic nitrogens is 2. The molecule has 0 aromatic carbocycles. The topological polar surface area (TPSA) is 47.0 Å². The first-order valence-corrected chi connectivity index (χ1v) is 6.23. The minimum Gasteiger partial charge on any atom is -0.480 e. The van der Waals surface area contributed by atoms with Crippen LogP contribution in [-0.4, -0.2) is 24.1 Å². The Morgan fingerprint density at radius 1 is 1.29 bits per heavy atom. The number of hydrogen-bond acceptors (Lipinski definition) is 4. The lowest BCUT2D eigenvalue weighted by Gasteiger charge is -2.33. The summed E-state index contributed by atoms with van der Waals surface area (Å²) in [5, 5.41) is 3.39. The van der Waals surface area contributed by atoms with Gasteiger partial charge in [0.05, 0.1) is 13.2 Å². The van der Waals surface area contributed by atoms with Crippen LogP contribution in [0.1, 0.15) is 44.3 Å². The van der Waals surface area contributed by atoms with E-state index < -0.39 is 0 Å². The largest absolute Gasteiger partial charge is 0.480 e. The van der Waals surface area contributed by atoms with Gasteiger partial charge in [0.2, 0.25) is 5.88 Å². The van der Waals surface area contributed by atoms with Crippen molar-refractivity contribution in [3.63, 3.8) is 0 Å². The molecule has 0 saturated heterocycles. The van der Waals surface area contributed by atoms with Gasteiger partial charge in [-0.2, -0.15) is 0 Å². The SMILES string of the molecule is CNC(c1nccnc1OC)C1(C)CCCC1. The normalized spacial score (nSPS) is 20.2. The van der Waals surface area contributed by atoms with Crippen LogP contribution in [0.15, 0.2) is 12.4 Å². The van der Waals surface area contributed by atoms with Crippen LogP contribution >= 0.6 is 0 Å². The molecular formula is C13H21N3O. The summed E-state index contributed by atoms with van der Waals surface area (Å²) in [5.41, 5.74) is 1.19. The van der Waals surface area contributed by atoms with Crippen LogP contribution in [0.4, 0.5) is 0 Å². The molecule has 1 aliphatic carbocycles. The fraction of sp³-hybridized carbons (Fsp3) is 0.692. The second kappa shape index (κ2) is 5.00. The number of nitrogens with zero attached hydrogens (tertiary/aromatic N) is 2. The summed E-state index contributed by atoms with van der Waals surface area (Å²) in [5.74, 6) is 0.639. The summed E-state index contributed by atoms with van der Waals surface area (Å²) in [6.07, 6.45) is 8.48. The van der Waals surface area contributed by atoms with Crippen molar-refractivity contribution >= 4 is 0 Å². The maximum absolute atomic E-state index is 5.32. The van der Waals surface area contributed by atoms with Gasteiger partial charge in [-0.1, -0.05) is 19.8 Å². The van der Waals surface area contributed by atoms with E-state index in [1.807, 2.05) is 7.05 Å². The van der Waals surface area contributed by atoms with E-state index in [0.717, 1.165) is 5.69 Å². The highest BCUT2D eigenvalue weighted by Crippen LogP contribution is 2.47. The molecule has 1 aliphatic rings. The molecule has 94 valence electrons. The van der Waals surface area contributed by atoms with Gasteiger partial charge in [0, 0.05) is 12.4 Å². The van der Waals surface area contributed by atoms with Crippen molar-refractivity contribution in [3.8, 4) is 5.88 Å². The molecule has 0 spiro atoms. The Morgan fingerprint density at radius 2 is 1.94 bits per heavy atom. The van der Waals surface area contributed by atoms with Crippen molar-refractivity contribution in [2.45, 2.75) is 38.6 Å². The number of hydrogen-bond donors (Lipinski definition) is 1. The van der Waals surface area contributed by atoms with E-state index in [4.69, 9.17) is 4.74 Å². The highest BCUT2D eigenvalue weighted by molar-refractivity contribution is 5.23. The van der Waals surface area contributed by atoms with Crippen LogP contribution in [-0.2, 0) is 0 Å². The summed E-state index contributed by atoms with van der Waals surface area (Å²) in [7, 11) is 3.64. The number of nitrogens with one attached hydrogen (secondary N) is 1. The minimum absolute atomic E-state index is 0.216. The van der Waals surface area contributed by atoms with E-state index in [9.17, 15) is 0 Å². The molecule has 1 fully saturated rings. The Labute approximate surface area is 103 Å². The molecule has 1 saturated carbocycles. The summed E-state index contributed by atoms with van der Waals surface area (Å²) >= 11 is 0. The van der Waals surface area contributed by atoms with Crippen LogP contribution in [0.2, 0.25) is 0 Å². The molecule has 2 rings (SSSR count). The molecule has 17 heavy (non-hydrogen) atoms. The molecule has 1 aromatic rings.